The molecule has 0 aromatic rings. The van der Waals surface area contributed by atoms with Gasteiger partial charge < -0.3 is 14.6 Å². The number of rotatable bonds is 2. The van der Waals surface area contributed by atoms with Gasteiger partial charge in [0, 0.05) is 32.0 Å². The number of carbonyl (C=O) groups excluding carboxylic acids is 2. The smallest absolute Gasteiger partial charge is 0.264 e. The Balaban J connectivity index is 1.67. The van der Waals surface area contributed by atoms with Crippen LogP contribution < -0.4 is 0 Å². The molecule has 0 heterocycles. The average Bonchev–Trinajstić information content (AvgIpc) is 2.81. The summed E-state index contributed by atoms with van der Waals surface area (Å²) in [4.78, 5) is 26.0. The minimum absolute atomic E-state index is 0.0469. The van der Waals surface area contributed by atoms with Crippen molar-refractivity contribution in [3.8, 4) is 0 Å². The molecule has 0 aromatic carbocycles. The van der Waals surface area contributed by atoms with Crippen molar-refractivity contribution < 1.29 is 24.2 Å². The lowest BCUT2D eigenvalue weighted by Crippen LogP contribution is -2.65. The van der Waals surface area contributed by atoms with Crippen molar-refractivity contribution in [1.82, 2.24) is 0 Å². The van der Waals surface area contributed by atoms with Crippen LogP contribution in [0.3, 0.4) is 0 Å². The Morgan fingerprint density at radius 1 is 0.914 bits per heavy atom. The van der Waals surface area contributed by atoms with Gasteiger partial charge in [0.05, 0.1) is 0 Å². The van der Waals surface area contributed by atoms with E-state index in [1.165, 1.54) is 19.8 Å². The Kier molecular flexibility index (Phi) is 5.21. The lowest BCUT2D eigenvalue weighted by molar-refractivity contribution is -0.260. The summed E-state index contributed by atoms with van der Waals surface area (Å²) >= 11 is 0. The maximum absolute atomic E-state index is 13.3. The van der Waals surface area contributed by atoms with Gasteiger partial charge in [0.15, 0.2) is 5.60 Å². The van der Waals surface area contributed by atoms with Crippen LogP contribution >= 0.6 is 0 Å². The van der Waals surface area contributed by atoms with Crippen molar-refractivity contribution in [2.24, 2.45) is 33.5 Å². The number of hydrogen-bond acceptors (Lipinski definition) is 5. The monoisotopic (exact) mass is 482 g/mol. The van der Waals surface area contributed by atoms with Crippen LogP contribution in [0.1, 0.15) is 80.1 Å². The number of hydrogen-bond donors (Lipinski definition) is 1. The molecule has 0 saturated heterocycles. The lowest BCUT2D eigenvalue weighted by Gasteiger charge is -2.69. The predicted octanol–water partition coefficient (Wildman–Crippen LogP) is 5.33. The largest absolute Gasteiger partial charge is 0.368 e. The number of fused-ring (bicyclic) bond motifs is 7. The van der Waals surface area contributed by atoms with Crippen molar-refractivity contribution in [1.29, 1.82) is 0 Å². The Hall–Kier alpha value is -1.56. The van der Waals surface area contributed by atoms with Gasteiger partial charge in [-0.2, -0.15) is 0 Å². The van der Waals surface area contributed by atoms with Gasteiger partial charge in [0.25, 0.3) is 5.79 Å². The van der Waals surface area contributed by atoms with E-state index in [-0.39, 0.29) is 27.6 Å². The van der Waals surface area contributed by atoms with Crippen molar-refractivity contribution >= 4 is 11.6 Å². The zero-order valence-corrected chi connectivity index (χ0v) is 22.7. The summed E-state index contributed by atoms with van der Waals surface area (Å²) < 4.78 is 11.2. The molecule has 5 rings (SSSR count). The second-order valence-corrected chi connectivity index (χ2v) is 13.2. The van der Waals surface area contributed by atoms with E-state index in [1.54, 1.807) is 13.0 Å². The van der Waals surface area contributed by atoms with E-state index in [1.807, 2.05) is 0 Å². The molecule has 5 nitrogen and oxygen atoms in total. The van der Waals surface area contributed by atoms with Crippen LogP contribution in [0.4, 0.5) is 0 Å². The normalized spacial score (nSPS) is 51.3. The third kappa shape index (κ3) is 2.76. The van der Waals surface area contributed by atoms with E-state index in [9.17, 15) is 14.7 Å². The fraction of sp³-hybridized carbons (Fsp3) is 0.733. The highest BCUT2D eigenvalue weighted by Gasteiger charge is 2.68. The van der Waals surface area contributed by atoms with Crippen LogP contribution in [0.15, 0.2) is 34.9 Å². The van der Waals surface area contributed by atoms with Crippen LogP contribution in [-0.2, 0) is 19.1 Å². The van der Waals surface area contributed by atoms with Gasteiger partial charge >= 0.3 is 0 Å². The molecule has 0 bridgehead atoms. The van der Waals surface area contributed by atoms with E-state index in [2.05, 4.69) is 46.8 Å². The highest BCUT2D eigenvalue weighted by Crippen LogP contribution is 2.74. The molecule has 3 saturated carbocycles. The molecule has 0 aromatic heterocycles. The molecule has 1 N–H and O–H groups in total. The quantitative estimate of drug-likeness (QED) is 0.539. The molecule has 35 heavy (non-hydrogen) atoms. The molecular weight excluding hydrogens is 440 g/mol. The SMILES string of the molecule is CO[C@@]1(C)C2=CC=C3[C@@](C)(CC[C@@]4(C)[C@@H]5C[C@@H](C)C(=O)C[C@]5(C)CC[C@]34C)C2=CC(=O)[C@@]1(O)OC. The molecule has 0 spiro atoms. The molecule has 0 aliphatic heterocycles. The molecule has 192 valence electrons. The van der Waals surface area contributed by atoms with Crippen molar-refractivity contribution in [2.75, 3.05) is 14.2 Å². The first-order valence-corrected chi connectivity index (χ1v) is 13.2. The number of carbonyl (C=O) groups is 2. The maximum atomic E-state index is 13.3. The van der Waals surface area contributed by atoms with Gasteiger partial charge in [0.2, 0.25) is 5.78 Å². The maximum Gasteiger partial charge on any atom is 0.264 e. The van der Waals surface area contributed by atoms with Gasteiger partial charge in [-0.1, -0.05) is 52.3 Å². The molecule has 0 amide bonds. The number of ether oxygens (including phenoxy) is 2. The average molecular weight is 483 g/mol. The van der Waals surface area contributed by atoms with Crippen molar-refractivity contribution in [3.63, 3.8) is 0 Å². The van der Waals surface area contributed by atoms with E-state index in [0.29, 0.717) is 18.1 Å². The Labute approximate surface area is 210 Å². The van der Waals surface area contributed by atoms with Crippen LogP contribution in [0, 0.1) is 33.5 Å². The molecule has 5 aliphatic carbocycles. The zero-order valence-electron chi connectivity index (χ0n) is 22.7. The number of methoxy groups -OCH3 is 2. The van der Waals surface area contributed by atoms with Gasteiger partial charge in [-0.15, -0.1) is 0 Å². The van der Waals surface area contributed by atoms with Gasteiger partial charge in [0.1, 0.15) is 5.78 Å². The second kappa shape index (κ2) is 7.26. The van der Waals surface area contributed by atoms with Gasteiger partial charge in [-0.05, 0) is 78.4 Å². The minimum Gasteiger partial charge on any atom is -0.368 e. The summed E-state index contributed by atoms with van der Waals surface area (Å²) in [7, 11) is 2.87. The third-order valence-corrected chi connectivity index (χ3v) is 11.9. The Morgan fingerprint density at radius 3 is 2.23 bits per heavy atom. The van der Waals surface area contributed by atoms with Crippen LogP contribution in [0.25, 0.3) is 0 Å². The molecule has 3 fully saturated rings. The van der Waals surface area contributed by atoms with E-state index in [4.69, 9.17) is 9.47 Å². The summed E-state index contributed by atoms with van der Waals surface area (Å²) in [6.07, 6.45) is 11.6. The Bertz CT molecular complexity index is 1100. The fourth-order valence-electron chi connectivity index (χ4n) is 9.15. The third-order valence-electron chi connectivity index (χ3n) is 11.9. The first-order valence-electron chi connectivity index (χ1n) is 13.2. The fourth-order valence-corrected chi connectivity index (χ4v) is 9.15. The molecule has 5 aliphatic rings. The van der Waals surface area contributed by atoms with E-state index < -0.39 is 17.2 Å². The summed E-state index contributed by atoms with van der Waals surface area (Å²) in [6.45, 7) is 13.4. The van der Waals surface area contributed by atoms with Crippen molar-refractivity contribution in [3.05, 3.63) is 34.9 Å². The summed E-state index contributed by atoms with van der Waals surface area (Å²) in [5.74, 6) is -1.49. The second-order valence-electron chi connectivity index (χ2n) is 13.2. The molecule has 0 unspecified atom stereocenters. The first-order chi connectivity index (χ1) is 16.2. The highest BCUT2D eigenvalue weighted by atomic mass is 16.7. The molecule has 8 atom stereocenters. The summed E-state index contributed by atoms with van der Waals surface area (Å²) in [5, 5.41) is 11.2. The summed E-state index contributed by atoms with van der Waals surface area (Å²) in [5.41, 5.74) is 1.61. The topological polar surface area (TPSA) is 72.8 Å². The first kappa shape index (κ1) is 25.1. The lowest BCUT2D eigenvalue weighted by atomic mass is 9.35. The van der Waals surface area contributed by atoms with E-state index >= 15 is 0 Å². The number of aliphatic hydroxyl groups is 1. The Morgan fingerprint density at radius 2 is 1.60 bits per heavy atom. The number of Topliss-reactive ketones (excluding diaryl/α,β-unsaturated/α-hetero) is 1. The van der Waals surface area contributed by atoms with Crippen LogP contribution in [0.2, 0.25) is 0 Å². The van der Waals surface area contributed by atoms with Crippen molar-refractivity contribution in [2.45, 2.75) is 91.5 Å². The van der Waals surface area contributed by atoms with Crippen LogP contribution in [-0.4, -0.2) is 42.3 Å². The summed E-state index contributed by atoms with van der Waals surface area (Å²) in [6, 6.07) is 0. The van der Waals surface area contributed by atoms with Gasteiger partial charge in [-0.25, -0.2) is 0 Å². The number of allylic oxidation sites excluding steroid dienone is 3. The molecule has 0 radical (unpaired) electrons. The minimum atomic E-state index is -2.07. The highest BCUT2D eigenvalue weighted by molar-refractivity contribution is 6.01. The van der Waals surface area contributed by atoms with Crippen LogP contribution in [0.5, 0.6) is 0 Å². The molecule has 5 heteroatoms. The van der Waals surface area contributed by atoms with Gasteiger partial charge in [-0.3, -0.25) is 9.59 Å². The number of ketones is 2. The molecular formula is C30H42O5. The predicted molar refractivity (Wildman–Crippen MR) is 134 cm³/mol. The zero-order chi connectivity index (χ0) is 25.8. The standard InChI is InChI=1S/C30H42O5/c1-18-15-23-25(2,17-21(18)31)11-13-27(4)22-10-9-19-20(26(22,3)12-14-28(23,27)5)16-24(32)30(33,35-8)29(19,6)34-7/h9-10,16,18,23,33H,11-15,17H2,1-8H3/t18-,23-,25+,26+,27-,28+,29+,30-/m1/s1. The van der Waals surface area contributed by atoms with E-state index in [0.717, 1.165) is 43.3 Å².